The number of rotatable bonds is 0. The van der Waals surface area contributed by atoms with E-state index < -0.39 is 0 Å². The summed E-state index contributed by atoms with van der Waals surface area (Å²) in [7, 11) is 0. The van der Waals surface area contributed by atoms with Gasteiger partial charge in [-0.25, -0.2) is 0 Å². The molecule has 0 fully saturated rings. The zero-order valence-corrected chi connectivity index (χ0v) is 3.02. The van der Waals surface area contributed by atoms with Crippen molar-refractivity contribution in [3.05, 3.63) is 0 Å². The van der Waals surface area contributed by atoms with Gasteiger partial charge in [-0.05, 0) is 0 Å². The Morgan fingerprint density at radius 1 is 1.60 bits per heavy atom. The molecule has 0 nitrogen and oxygen atoms in total. The van der Waals surface area contributed by atoms with Gasteiger partial charge in [0.05, 0.1) is 0 Å². The molecule has 1 heterocycles. The molecule has 1 rings (SSSR count). The minimum absolute atomic E-state index is 1.14. The molecule has 0 spiro atoms. The molecule has 0 radical (unpaired) electrons. The summed E-state index contributed by atoms with van der Waals surface area (Å²) < 4.78 is 0. The summed E-state index contributed by atoms with van der Waals surface area (Å²) in [6.07, 6.45) is 1.14. The van der Waals surface area contributed by atoms with E-state index in [-0.39, 0.29) is 0 Å². The van der Waals surface area contributed by atoms with E-state index in [4.69, 9.17) is 0 Å². The molecule has 0 saturated heterocycles. The third kappa shape index (κ3) is 0.571. The fourth-order valence-electron chi connectivity index (χ4n) is 0.393. The molecule has 1 aliphatic heterocycles. The van der Waals surface area contributed by atoms with Gasteiger partial charge in [-0.15, -0.1) is 0 Å². The molecule has 0 aliphatic carbocycles. The van der Waals surface area contributed by atoms with E-state index in [1.165, 1.54) is 0 Å². The van der Waals surface area contributed by atoms with E-state index in [0.29, 0.717) is 0 Å². The van der Waals surface area contributed by atoms with E-state index >= 15 is 0 Å². The zero-order chi connectivity index (χ0) is 3.54. The van der Waals surface area contributed by atoms with Gasteiger partial charge in [0, 0.05) is 0 Å². The van der Waals surface area contributed by atoms with E-state index in [0.717, 1.165) is 6.32 Å². The van der Waals surface area contributed by atoms with Crippen molar-refractivity contribution < 1.29 is 0 Å². The van der Waals surface area contributed by atoms with Crippen LogP contribution in [0.1, 0.15) is 0 Å². The van der Waals surface area contributed by atoms with E-state index in [1.807, 2.05) is 0 Å². The Labute approximate surface area is 33.0 Å². The topological polar surface area (TPSA) is 0 Å². The summed E-state index contributed by atoms with van der Waals surface area (Å²) in [5.41, 5.74) is 0. The van der Waals surface area contributed by atoms with Crippen LogP contribution in [0.2, 0.25) is 6.32 Å². The molecule has 0 saturated carbocycles. The van der Waals surface area contributed by atoms with Crippen LogP contribution in [-0.4, -0.2) is 25.7 Å². The molecule has 0 aromatic heterocycles. The average molecular weight is 61.7 g/mol. The fraction of sp³-hybridized carbons (Fsp3) is 0.333. The Balaban J connectivity index is 2.61. The van der Waals surface area contributed by atoms with Gasteiger partial charge in [-0.1, -0.05) is 0 Å². The molecule has 1 aliphatic rings. The van der Waals surface area contributed by atoms with E-state index in [1.54, 1.807) is 0 Å². The van der Waals surface area contributed by atoms with Crippen LogP contribution in [0, 0.1) is 0 Å². The van der Waals surface area contributed by atoms with Crippen LogP contribution in [0.3, 0.4) is 0 Å². The van der Waals surface area contributed by atoms with Crippen LogP contribution in [0.15, 0.2) is 0 Å². The molecule has 0 N–H and O–H groups in total. The molecule has 0 amide bonds. The second kappa shape index (κ2) is 1.34. The maximum atomic E-state index is 2.12. The van der Waals surface area contributed by atoms with Gasteiger partial charge in [0.1, 0.15) is 0 Å². The van der Waals surface area contributed by atoms with Crippen LogP contribution >= 0.6 is 0 Å². The van der Waals surface area contributed by atoms with Crippen LogP contribution in [0.5, 0.6) is 0 Å². The molecule has 5 heavy (non-hydrogen) atoms. The molecule has 0 unspecified atom stereocenters. The first kappa shape index (κ1) is 3.08. The Morgan fingerprint density at radius 3 is 2.80 bits per heavy atom. The van der Waals surface area contributed by atoms with E-state index in [9.17, 15) is 0 Å². The first-order valence-electron chi connectivity index (χ1n) is 1.82. The normalized spacial score (nSPS) is 14.4. The van der Waals surface area contributed by atoms with Gasteiger partial charge in [0.25, 0.3) is 0 Å². The van der Waals surface area contributed by atoms with Crippen LogP contribution < -0.4 is 0 Å². The van der Waals surface area contributed by atoms with Gasteiger partial charge in [0.15, 0.2) is 0 Å². The third-order valence-electron chi connectivity index (χ3n) is 0.655. The summed E-state index contributed by atoms with van der Waals surface area (Å²) in [6.45, 7) is 4.18. The number of hydrogen-bond donors (Lipinski definition) is 0. The Kier molecular flexibility index (Phi) is 0.827. The van der Waals surface area contributed by atoms with Gasteiger partial charge >= 0.3 is 32.0 Å². The van der Waals surface area contributed by atoms with Gasteiger partial charge in [-0.3, -0.25) is 0 Å². The van der Waals surface area contributed by atoms with Crippen LogP contribution in [-0.2, 0) is 0 Å². The third-order valence-corrected chi connectivity index (χ3v) is 0.655. The van der Waals surface area contributed by atoms with E-state index in [2.05, 4.69) is 25.7 Å². The maximum absolute atomic E-state index is 2.12. The monoisotopic (exact) mass is 62.0 g/mol. The predicted molar refractivity (Wildman–Crippen MR) is 28.4 cm³/mol. The van der Waals surface area contributed by atoms with Gasteiger partial charge in [-0.2, -0.15) is 0 Å². The van der Waals surface area contributed by atoms with Crippen molar-refractivity contribution in [2.45, 2.75) is 6.32 Å². The van der Waals surface area contributed by atoms with Crippen molar-refractivity contribution in [1.82, 2.24) is 0 Å². The van der Waals surface area contributed by atoms with Gasteiger partial charge in [0.2, 0.25) is 0 Å². The summed E-state index contributed by atoms with van der Waals surface area (Å²) in [5, 5.41) is 0. The molecule has 0 aromatic carbocycles. The predicted octanol–water partition coefficient (Wildman–Crippen LogP) is -0.611. The summed E-state index contributed by atoms with van der Waals surface area (Å²) in [6, 6.07) is 0. The molecular formula is C3H4B2. The molecule has 22 valence electrons. The first-order valence-corrected chi connectivity index (χ1v) is 1.82. The van der Waals surface area contributed by atoms with Crippen LogP contribution in [0.4, 0.5) is 0 Å². The summed E-state index contributed by atoms with van der Waals surface area (Å²) in [5.74, 6) is 4.18. The van der Waals surface area contributed by atoms with Crippen molar-refractivity contribution in [2.75, 3.05) is 0 Å². The zero-order valence-electron chi connectivity index (χ0n) is 3.02. The first-order chi connectivity index (χ1) is 2.50. The summed E-state index contributed by atoms with van der Waals surface area (Å²) in [4.78, 5) is 0. The van der Waals surface area contributed by atoms with Crippen molar-refractivity contribution in [3.63, 3.8) is 0 Å². The Bertz CT molecular complexity index is 63.0. The van der Waals surface area contributed by atoms with Crippen molar-refractivity contribution in [2.24, 2.45) is 0 Å². The second-order valence-electron chi connectivity index (χ2n) is 1.09. The van der Waals surface area contributed by atoms with Gasteiger partial charge < -0.3 is 0 Å². The summed E-state index contributed by atoms with van der Waals surface area (Å²) >= 11 is 0. The second-order valence-corrected chi connectivity index (χ2v) is 1.09. The molecular weight excluding hydrogens is 57.7 g/mol. The fourth-order valence-corrected chi connectivity index (χ4v) is 0.393. The van der Waals surface area contributed by atoms with Crippen LogP contribution in [0.25, 0.3) is 0 Å². The minimum atomic E-state index is 1.14. The molecule has 0 aromatic rings. The molecule has 0 bridgehead atoms. The van der Waals surface area contributed by atoms with Crippen molar-refractivity contribution in [3.8, 4) is 0 Å². The number of hydrogen-bond acceptors (Lipinski definition) is 0. The quantitative estimate of drug-likeness (QED) is 0.328. The average Bonchev–Trinajstić information content (AvgIpc) is 1.76. The Hall–Kier alpha value is -0.130. The Morgan fingerprint density at radius 2 is 2.60 bits per heavy atom. The van der Waals surface area contributed by atoms with Crippen molar-refractivity contribution in [1.29, 1.82) is 0 Å². The molecule has 2 heteroatoms. The SMILES string of the molecule is B1=CB=CC1. The standard InChI is InChI=1S/C3H4B2/c1-2-5-3-4-1/h1,3H,2H2. The van der Waals surface area contributed by atoms with Crippen molar-refractivity contribution >= 4 is 25.7 Å². The molecule has 0 atom stereocenters.